The van der Waals surface area contributed by atoms with Crippen molar-refractivity contribution < 1.29 is 13.2 Å². The summed E-state index contributed by atoms with van der Waals surface area (Å²) in [6, 6.07) is 9.34. The molecule has 9 heteroatoms. The smallest absolute Gasteiger partial charge is 0.358 e. The van der Waals surface area contributed by atoms with Gasteiger partial charge in [-0.25, -0.2) is 0 Å². The van der Waals surface area contributed by atoms with E-state index in [-0.39, 0.29) is 18.1 Å². The minimum atomic E-state index is -4.41. The summed E-state index contributed by atoms with van der Waals surface area (Å²) in [4.78, 5) is 3.83. The number of nitrogens with one attached hydrogen (secondary N) is 1. The molecule has 22 heavy (non-hydrogen) atoms. The fraction of sp³-hybridized carbons (Fsp3) is 0.462. The molecule has 1 heterocycles. The highest BCUT2D eigenvalue weighted by Gasteiger charge is 2.50. The van der Waals surface area contributed by atoms with Crippen molar-refractivity contribution in [2.24, 2.45) is 11.0 Å². The largest absolute Gasteiger partial charge is 0.393 e. The second-order valence-corrected chi connectivity index (χ2v) is 5.28. The van der Waals surface area contributed by atoms with Gasteiger partial charge in [-0.1, -0.05) is 35.4 Å². The van der Waals surface area contributed by atoms with Gasteiger partial charge >= 0.3 is 6.18 Å². The number of likely N-dealkylation sites (tertiary alicyclic amines) is 1. The van der Waals surface area contributed by atoms with Crippen molar-refractivity contribution in [2.45, 2.75) is 25.3 Å². The van der Waals surface area contributed by atoms with Gasteiger partial charge in [0, 0.05) is 18.0 Å². The van der Waals surface area contributed by atoms with E-state index in [1.54, 1.807) is 0 Å². The number of thiocarbonyl (C=S) groups is 1. The zero-order valence-corrected chi connectivity index (χ0v) is 12.3. The molecule has 1 fully saturated rings. The van der Waals surface area contributed by atoms with Gasteiger partial charge in [0.15, 0.2) is 5.11 Å². The molecule has 1 N–H and O–H groups in total. The number of benzene rings is 1. The molecule has 1 aliphatic heterocycles. The van der Waals surface area contributed by atoms with Crippen molar-refractivity contribution in [2.75, 3.05) is 6.54 Å². The first-order valence-corrected chi connectivity index (χ1v) is 7.03. The molecule has 2 atom stereocenters. The number of halogens is 3. The third-order valence-corrected chi connectivity index (χ3v) is 3.88. The Kier molecular flexibility index (Phi) is 5.10. The van der Waals surface area contributed by atoms with Crippen LogP contribution < -0.4 is 5.32 Å². The van der Waals surface area contributed by atoms with E-state index in [2.05, 4.69) is 15.3 Å². The number of azide groups is 1. The van der Waals surface area contributed by atoms with Crippen LogP contribution in [0.5, 0.6) is 0 Å². The molecular formula is C13H14F3N5S. The topological polar surface area (TPSA) is 64.0 Å². The van der Waals surface area contributed by atoms with Crippen molar-refractivity contribution >= 4 is 17.3 Å². The Bertz CT molecular complexity index is 571. The SMILES string of the molecule is [N-]=[N+]=NC1C(C(F)(F)F)CCN1C(=S)NCc1ccccc1. The highest BCUT2D eigenvalue weighted by Crippen LogP contribution is 2.38. The van der Waals surface area contributed by atoms with Crippen molar-refractivity contribution in [1.82, 2.24) is 10.2 Å². The molecule has 1 saturated heterocycles. The Morgan fingerprint density at radius 3 is 2.68 bits per heavy atom. The average molecular weight is 329 g/mol. The monoisotopic (exact) mass is 329 g/mol. The lowest BCUT2D eigenvalue weighted by Crippen LogP contribution is -2.44. The van der Waals surface area contributed by atoms with E-state index in [0.717, 1.165) is 5.56 Å². The first-order chi connectivity index (χ1) is 10.4. The van der Waals surface area contributed by atoms with Crippen LogP contribution in [-0.4, -0.2) is 28.9 Å². The van der Waals surface area contributed by atoms with Gasteiger partial charge in [-0.15, -0.1) is 0 Å². The lowest BCUT2D eigenvalue weighted by Gasteiger charge is -2.27. The Morgan fingerprint density at radius 1 is 1.41 bits per heavy atom. The number of hydrogen-bond acceptors (Lipinski definition) is 2. The second kappa shape index (κ2) is 6.85. The number of nitrogens with zero attached hydrogens (tertiary/aromatic N) is 4. The first-order valence-electron chi connectivity index (χ1n) is 6.63. The summed E-state index contributed by atoms with van der Waals surface area (Å²) < 4.78 is 38.8. The lowest BCUT2D eigenvalue weighted by molar-refractivity contribution is -0.178. The summed E-state index contributed by atoms with van der Waals surface area (Å²) in [5, 5.41) is 6.36. The Morgan fingerprint density at radius 2 is 2.09 bits per heavy atom. The molecular weight excluding hydrogens is 315 g/mol. The fourth-order valence-electron chi connectivity index (χ4n) is 2.40. The molecule has 118 valence electrons. The van der Waals surface area contributed by atoms with E-state index in [0.29, 0.717) is 6.54 Å². The molecule has 0 aliphatic carbocycles. The second-order valence-electron chi connectivity index (χ2n) is 4.89. The summed E-state index contributed by atoms with van der Waals surface area (Å²) in [6.45, 7) is 0.504. The van der Waals surface area contributed by atoms with Gasteiger partial charge < -0.3 is 10.2 Å². The molecule has 0 amide bonds. The van der Waals surface area contributed by atoms with Gasteiger partial charge in [0.05, 0.1) is 5.92 Å². The number of alkyl halides is 3. The summed E-state index contributed by atoms with van der Waals surface area (Å²) in [7, 11) is 0. The number of hydrogen-bond donors (Lipinski definition) is 1. The van der Waals surface area contributed by atoms with Crippen LogP contribution in [0.3, 0.4) is 0 Å². The summed E-state index contributed by atoms with van der Waals surface area (Å²) in [6.07, 6.45) is -5.89. The van der Waals surface area contributed by atoms with Gasteiger partial charge in [-0.3, -0.25) is 0 Å². The Hall–Kier alpha value is -1.99. The molecule has 0 bridgehead atoms. The van der Waals surface area contributed by atoms with E-state index in [4.69, 9.17) is 17.7 Å². The normalized spacial score (nSPS) is 21.3. The Balaban J connectivity index is 2.04. The minimum Gasteiger partial charge on any atom is -0.358 e. The molecule has 0 radical (unpaired) electrons. The maximum Gasteiger partial charge on any atom is 0.393 e. The van der Waals surface area contributed by atoms with E-state index in [1.165, 1.54) is 4.90 Å². The molecule has 1 aromatic carbocycles. The van der Waals surface area contributed by atoms with Crippen LogP contribution in [0.4, 0.5) is 13.2 Å². The average Bonchev–Trinajstić information content (AvgIpc) is 2.90. The molecule has 2 unspecified atom stereocenters. The van der Waals surface area contributed by atoms with E-state index in [9.17, 15) is 13.2 Å². The van der Waals surface area contributed by atoms with Crippen LogP contribution in [0.1, 0.15) is 12.0 Å². The fourth-order valence-corrected chi connectivity index (χ4v) is 2.67. The highest BCUT2D eigenvalue weighted by atomic mass is 32.1. The first kappa shape index (κ1) is 16.4. The predicted octanol–water partition coefficient (Wildman–Crippen LogP) is 3.58. The van der Waals surface area contributed by atoms with Crippen LogP contribution in [0.25, 0.3) is 10.4 Å². The van der Waals surface area contributed by atoms with Crippen LogP contribution in [0, 0.1) is 5.92 Å². The zero-order chi connectivity index (χ0) is 16.2. The molecule has 0 saturated carbocycles. The minimum absolute atomic E-state index is 0.106. The van der Waals surface area contributed by atoms with E-state index >= 15 is 0 Å². The molecule has 1 aliphatic rings. The highest BCUT2D eigenvalue weighted by molar-refractivity contribution is 7.80. The molecule has 5 nitrogen and oxygen atoms in total. The van der Waals surface area contributed by atoms with Crippen molar-refractivity contribution in [3.8, 4) is 0 Å². The van der Waals surface area contributed by atoms with Gasteiger partial charge in [-0.2, -0.15) is 13.2 Å². The summed E-state index contributed by atoms with van der Waals surface area (Å²) in [5.41, 5.74) is 9.47. The van der Waals surface area contributed by atoms with Crippen molar-refractivity contribution in [3.05, 3.63) is 46.3 Å². The van der Waals surface area contributed by atoms with Gasteiger partial charge in [-0.05, 0) is 29.7 Å². The third kappa shape index (κ3) is 3.80. The van der Waals surface area contributed by atoms with Crippen molar-refractivity contribution in [1.29, 1.82) is 0 Å². The van der Waals surface area contributed by atoms with Crippen LogP contribution in [0.2, 0.25) is 0 Å². The third-order valence-electron chi connectivity index (χ3n) is 3.50. The zero-order valence-electron chi connectivity index (χ0n) is 11.5. The van der Waals surface area contributed by atoms with Crippen LogP contribution in [0.15, 0.2) is 35.4 Å². The molecule has 1 aromatic rings. The lowest BCUT2D eigenvalue weighted by atomic mass is 10.1. The molecule has 0 aromatic heterocycles. The van der Waals surface area contributed by atoms with Gasteiger partial charge in [0.1, 0.15) is 6.17 Å². The quantitative estimate of drug-likeness (QED) is 0.399. The van der Waals surface area contributed by atoms with Crippen molar-refractivity contribution in [3.63, 3.8) is 0 Å². The van der Waals surface area contributed by atoms with Gasteiger partial charge in [0.2, 0.25) is 0 Å². The van der Waals surface area contributed by atoms with E-state index < -0.39 is 18.3 Å². The summed E-state index contributed by atoms with van der Waals surface area (Å²) in [5.74, 6) is -1.69. The van der Waals surface area contributed by atoms with E-state index in [1.807, 2.05) is 30.3 Å². The predicted molar refractivity (Wildman–Crippen MR) is 79.7 cm³/mol. The maximum atomic E-state index is 12.9. The summed E-state index contributed by atoms with van der Waals surface area (Å²) >= 11 is 5.14. The number of rotatable bonds is 3. The standard InChI is InChI=1S/C13H14F3N5S/c14-13(15,16)10-6-7-21(11(10)19-20-17)12(22)18-8-9-4-2-1-3-5-9/h1-5,10-11H,6-8H2,(H,18,22). The molecule has 0 spiro atoms. The van der Waals surface area contributed by atoms with Crippen LogP contribution >= 0.6 is 12.2 Å². The van der Waals surface area contributed by atoms with Gasteiger partial charge in [0.25, 0.3) is 0 Å². The maximum absolute atomic E-state index is 12.9. The Labute approximate surface area is 130 Å². The molecule has 2 rings (SSSR count). The van der Waals surface area contributed by atoms with Crippen LogP contribution in [-0.2, 0) is 6.54 Å².